The van der Waals surface area contributed by atoms with Crippen LogP contribution in [0.15, 0.2) is 0 Å². The van der Waals surface area contributed by atoms with Crippen LogP contribution in [0.4, 0.5) is 5.82 Å². The van der Waals surface area contributed by atoms with E-state index in [0.717, 1.165) is 29.9 Å². The minimum Gasteiger partial charge on any atom is -0.384 e. The second kappa shape index (κ2) is 4.69. The first-order valence-corrected chi connectivity index (χ1v) is 6.47. The van der Waals surface area contributed by atoms with Gasteiger partial charge in [-0.2, -0.15) is 5.10 Å². The van der Waals surface area contributed by atoms with Gasteiger partial charge in [-0.25, -0.2) is 0 Å². The van der Waals surface area contributed by atoms with Crippen molar-refractivity contribution in [2.75, 3.05) is 18.8 Å². The van der Waals surface area contributed by atoms with Gasteiger partial charge in [-0.15, -0.1) is 0 Å². The van der Waals surface area contributed by atoms with E-state index in [0.29, 0.717) is 0 Å². The van der Waals surface area contributed by atoms with E-state index in [1.54, 1.807) is 4.68 Å². The summed E-state index contributed by atoms with van der Waals surface area (Å²) in [7, 11) is 1.91. The van der Waals surface area contributed by atoms with Crippen LogP contribution in [0.1, 0.15) is 31.5 Å². The zero-order valence-electron chi connectivity index (χ0n) is 11.4. The number of aromatic nitrogens is 2. The summed E-state index contributed by atoms with van der Waals surface area (Å²) >= 11 is 0. The number of nitrogens with zero attached hydrogens (tertiary/aromatic N) is 3. The number of hydrogen-bond acceptors (Lipinski definition) is 3. The minimum atomic E-state index is 0.789. The van der Waals surface area contributed by atoms with E-state index in [-0.39, 0.29) is 0 Å². The average molecular weight is 236 g/mol. The summed E-state index contributed by atoms with van der Waals surface area (Å²) in [6.07, 6.45) is 1.35. The summed E-state index contributed by atoms with van der Waals surface area (Å²) in [5, 5.41) is 4.38. The van der Waals surface area contributed by atoms with Gasteiger partial charge in [-0.1, -0.05) is 13.8 Å². The predicted octanol–water partition coefficient (Wildman–Crippen LogP) is 1.79. The van der Waals surface area contributed by atoms with Crippen LogP contribution in [-0.2, 0) is 13.6 Å². The van der Waals surface area contributed by atoms with Crippen LogP contribution in [0.5, 0.6) is 0 Å². The molecule has 96 valence electrons. The monoisotopic (exact) mass is 236 g/mol. The van der Waals surface area contributed by atoms with Crippen molar-refractivity contribution in [3.05, 3.63) is 11.3 Å². The van der Waals surface area contributed by atoms with Crippen molar-refractivity contribution in [3.63, 3.8) is 0 Å². The molecule has 17 heavy (non-hydrogen) atoms. The van der Waals surface area contributed by atoms with Crippen molar-refractivity contribution >= 4 is 5.82 Å². The molecule has 2 N–H and O–H groups in total. The maximum absolute atomic E-state index is 6.06. The maximum atomic E-state index is 6.06. The third-order valence-electron chi connectivity index (χ3n) is 3.72. The van der Waals surface area contributed by atoms with Gasteiger partial charge in [0, 0.05) is 32.2 Å². The number of aryl methyl sites for hydroxylation is 2. The lowest BCUT2D eigenvalue weighted by atomic mass is 9.91. The Bertz CT molecular complexity index is 386. The van der Waals surface area contributed by atoms with Crippen molar-refractivity contribution in [2.45, 2.75) is 33.7 Å². The van der Waals surface area contributed by atoms with Gasteiger partial charge in [0.1, 0.15) is 5.82 Å². The van der Waals surface area contributed by atoms with E-state index in [2.05, 4.69) is 23.8 Å². The van der Waals surface area contributed by atoms with Crippen molar-refractivity contribution < 1.29 is 0 Å². The minimum absolute atomic E-state index is 0.789. The number of likely N-dealkylation sites (tertiary alicyclic amines) is 1. The van der Waals surface area contributed by atoms with Crippen molar-refractivity contribution in [2.24, 2.45) is 18.9 Å². The highest BCUT2D eigenvalue weighted by Crippen LogP contribution is 2.24. The zero-order chi connectivity index (χ0) is 12.6. The Kier molecular flexibility index (Phi) is 3.43. The van der Waals surface area contributed by atoms with Gasteiger partial charge < -0.3 is 5.73 Å². The Balaban J connectivity index is 2.10. The molecule has 2 rings (SSSR count). The van der Waals surface area contributed by atoms with Crippen LogP contribution in [0.3, 0.4) is 0 Å². The fourth-order valence-electron chi connectivity index (χ4n) is 3.06. The van der Waals surface area contributed by atoms with E-state index in [4.69, 9.17) is 5.73 Å². The van der Waals surface area contributed by atoms with Crippen LogP contribution in [0.2, 0.25) is 0 Å². The SMILES string of the molecule is Cc1nn(C)c(N)c1CN1CC(C)CC(C)C1. The molecular weight excluding hydrogens is 212 g/mol. The molecule has 0 aliphatic carbocycles. The highest BCUT2D eigenvalue weighted by molar-refractivity contribution is 5.42. The fourth-order valence-corrected chi connectivity index (χ4v) is 3.06. The molecule has 0 amide bonds. The first-order valence-electron chi connectivity index (χ1n) is 6.47. The summed E-state index contributed by atoms with van der Waals surface area (Å²) in [4.78, 5) is 2.51. The van der Waals surface area contributed by atoms with Crippen molar-refractivity contribution in [1.82, 2.24) is 14.7 Å². The van der Waals surface area contributed by atoms with Crippen LogP contribution >= 0.6 is 0 Å². The van der Waals surface area contributed by atoms with Gasteiger partial charge in [-0.05, 0) is 25.2 Å². The molecule has 0 spiro atoms. The number of nitrogen functional groups attached to an aromatic ring is 1. The second-order valence-electron chi connectivity index (χ2n) is 5.71. The van der Waals surface area contributed by atoms with E-state index in [1.807, 2.05) is 14.0 Å². The zero-order valence-corrected chi connectivity index (χ0v) is 11.4. The molecule has 1 aliphatic rings. The summed E-state index contributed by atoms with van der Waals surface area (Å²) in [6.45, 7) is 10.0. The van der Waals surface area contributed by atoms with E-state index in [1.165, 1.54) is 25.1 Å². The van der Waals surface area contributed by atoms with Crippen LogP contribution in [0.25, 0.3) is 0 Å². The van der Waals surface area contributed by atoms with Gasteiger partial charge in [0.15, 0.2) is 0 Å². The molecule has 0 radical (unpaired) electrons. The van der Waals surface area contributed by atoms with Crippen molar-refractivity contribution in [1.29, 1.82) is 0 Å². The average Bonchev–Trinajstić information content (AvgIpc) is 2.44. The topological polar surface area (TPSA) is 47.1 Å². The molecule has 1 saturated heterocycles. The first kappa shape index (κ1) is 12.4. The van der Waals surface area contributed by atoms with Crippen LogP contribution in [0, 0.1) is 18.8 Å². The lowest BCUT2D eigenvalue weighted by molar-refractivity contribution is 0.134. The molecule has 0 aromatic carbocycles. The van der Waals surface area contributed by atoms with Gasteiger partial charge in [0.2, 0.25) is 0 Å². The molecule has 4 heteroatoms. The van der Waals surface area contributed by atoms with Crippen LogP contribution < -0.4 is 5.73 Å². The lowest BCUT2D eigenvalue weighted by Gasteiger charge is -2.34. The van der Waals surface area contributed by atoms with Crippen molar-refractivity contribution in [3.8, 4) is 0 Å². The summed E-state index contributed by atoms with van der Waals surface area (Å²) < 4.78 is 1.78. The highest BCUT2D eigenvalue weighted by Gasteiger charge is 2.23. The highest BCUT2D eigenvalue weighted by atomic mass is 15.3. The van der Waals surface area contributed by atoms with Gasteiger partial charge in [0.05, 0.1) is 5.69 Å². The number of rotatable bonds is 2. The molecule has 2 atom stereocenters. The molecule has 0 bridgehead atoms. The smallest absolute Gasteiger partial charge is 0.126 e. The molecule has 1 aliphatic heterocycles. The van der Waals surface area contributed by atoms with Gasteiger partial charge in [-0.3, -0.25) is 9.58 Å². The quantitative estimate of drug-likeness (QED) is 0.851. The molecule has 1 fully saturated rings. The number of piperidine rings is 1. The molecule has 0 saturated carbocycles. The third kappa shape index (κ3) is 2.63. The Morgan fingerprint density at radius 3 is 2.35 bits per heavy atom. The fraction of sp³-hybridized carbons (Fsp3) is 0.769. The molecule has 1 aromatic rings. The van der Waals surface area contributed by atoms with Crippen LogP contribution in [-0.4, -0.2) is 27.8 Å². The first-order chi connectivity index (χ1) is 7.97. The third-order valence-corrected chi connectivity index (χ3v) is 3.72. The number of hydrogen-bond donors (Lipinski definition) is 1. The van der Waals surface area contributed by atoms with Gasteiger partial charge in [0.25, 0.3) is 0 Å². The molecule has 2 heterocycles. The Labute approximate surface area is 104 Å². The Hall–Kier alpha value is -1.03. The van der Waals surface area contributed by atoms with E-state index < -0.39 is 0 Å². The van der Waals surface area contributed by atoms with E-state index >= 15 is 0 Å². The molecule has 1 aromatic heterocycles. The molecule has 2 unspecified atom stereocenters. The summed E-state index contributed by atoms with van der Waals surface area (Å²) in [6, 6.07) is 0. The normalized spacial score (nSPS) is 26.4. The largest absolute Gasteiger partial charge is 0.384 e. The standard InChI is InChI=1S/C13H24N4/c1-9-5-10(2)7-17(6-9)8-12-11(3)15-16(4)13(12)14/h9-10H,5-8,14H2,1-4H3. The molecule has 4 nitrogen and oxygen atoms in total. The summed E-state index contributed by atoms with van der Waals surface area (Å²) in [5.41, 5.74) is 8.33. The Morgan fingerprint density at radius 1 is 1.29 bits per heavy atom. The van der Waals surface area contributed by atoms with Gasteiger partial charge >= 0.3 is 0 Å². The maximum Gasteiger partial charge on any atom is 0.126 e. The van der Waals surface area contributed by atoms with E-state index in [9.17, 15) is 0 Å². The number of anilines is 1. The molecular formula is C13H24N4. The lowest BCUT2D eigenvalue weighted by Crippen LogP contribution is -2.38. The predicted molar refractivity (Wildman–Crippen MR) is 70.6 cm³/mol. The second-order valence-corrected chi connectivity index (χ2v) is 5.71. The summed E-state index contributed by atoms with van der Waals surface area (Å²) in [5.74, 6) is 2.39. The Morgan fingerprint density at radius 2 is 1.88 bits per heavy atom. The number of nitrogens with two attached hydrogens (primary N) is 1.